The van der Waals surface area contributed by atoms with E-state index in [0.717, 1.165) is 31.5 Å². The van der Waals surface area contributed by atoms with Crippen LogP contribution in [0.25, 0.3) is 0 Å². The molecule has 2 rings (SSSR count). The monoisotopic (exact) mass is 267 g/mol. The molecule has 1 heterocycles. The summed E-state index contributed by atoms with van der Waals surface area (Å²) in [7, 11) is 0. The number of halogens is 1. The van der Waals surface area contributed by atoms with E-state index in [1.807, 2.05) is 0 Å². The molecule has 104 valence electrons. The van der Waals surface area contributed by atoms with Crippen LogP contribution in [0, 0.1) is 17.7 Å². The van der Waals surface area contributed by atoms with Gasteiger partial charge in [0.25, 0.3) is 0 Å². The second kappa shape index (κ2) is 5.55. The van der Waals surface area contributed by atoms with Crippen LogP contribution in [0.4, 0.5) is 4.39 Å². The van der Waals surface area contributed by atoms with Crippen molar-refractivity contribution in [2.75, 3.05) is 0 Å². The fraction of sp³-hybridized carbons (Fsp3) is 0.571. The van der Waals surface area contributed by atoms with Crippen molar-refractivity contribution >= 4 is 5.97 Å². The van der Waals surface area contributed by atoms with E-state index < -0.39 is 11.8 Å². The van der Waals surface area contributed by atoms with Crippen molar-refractivity contribution in [3.05, 3.63) is 23.6 Å². The maximum absolute atomic E-state index is 13.0. The van der Waals surface area contributed by atoms with Crippen LogP contribution in [0.5, 0.6) is 5.88 Å². The highest BCUT2D eigenvalue weighted by atomic mass is 19.1. The molecular weight excluding hydrogens is 249 g/mol. The Bertz CT molecular complexity index is 478. The standard InChI is InChI=1S/C14H18FNO3/c1-8-3-4-11(5-9(8)2)19-13-12(14(17)18)6-10(15)7-16-13/h6-9,11H,3-5H2,1-2H3,(H,17,18). The zero-order valence-corrected chi connectivity index (χ0v) is 11.1. The molecule has 1 aliphatic rings. The molecule has 3 atom stereocenters. The van der Waals surface area contributed by atoms with Crippen LogP contribution in [-0.2, 0) is 0 Å². The minimum absolute atomic E-state index is 0.0145. The van der Waals surface area contributed by atoms with Crippen molar-refractivity contribution < 1.29 is 19.0 Å². The Balaban J connectivity index is 2.13. The Morgan fingerprint density at radius 2 is 2.16 bits per heavy atom. The second-order valence-electron chi connectivity index (χ2n) is 5.32. The summed E-state index contributed by atoms with van der Waals surface area (Å²) in [4.78, 5) is 14.8. The zero-order chi connectivity index (χ0) is 14.0. The minimum Gasteiger partial charge on any atom is -0.477 e. The highest BCUT2D eigenvalue weighted by Gasteiger charge is 2.27. The number of aromatic carboxylic acids is 1. The van der Waals surface area contributed by atoms with Crippen LogP contribution in [-0.4, -0.2) is 22.2 Å². The zero-order valence-electron chi connectivity index (χ0n) is 11.1. The molecular formula is C14H18FNO3. The van der Waals surface area contributed by atoms with E-state index in [-0.39, 0.29) is 17.5 Å². The summed E-state index contributed by atoms with van der Waals surface area (Å²) in [6.07, 6.45) is 3.75. The van der Waals surface area contributed by atoms with Gasteiger partial charge in [0.05, 0.1) is 6.20 Å². The first-order chi connectivity index (χ1) is 8.97. The average molecular weight is 267 g/mol. The van der Waals surface area contributed by atoms with E-state index in [2.05, 4.69) is 18.8 Å². The number of carboxylic acid groups (broad SMARTS) is 1. The molecule has 1 aliphatic carbocycles. The third-order valence-corrected chi connectivity index (χ3v) is 3.88. The number of hydrogen-bond acceptors (Lipinski definition) is 3. The van der Waals surface area contributed by atoms with Crippen molar-refractivity contribution in [2.45, 2.75) is 39.2 Å². The molecule has 5 heteroatoms. The highest BCUT2D eigenvalue weighted by molar-refractivity contribution is 5.90. The first kappa shape index (κ1) is 13.8. The predicted octanol–water partition coefficient (Wildman–Crippen LogP) is 3.12. The summed E-state index contributed by atoms with van der Waals surface area (Å²) < 4.78 is 18.7. The van der Waals surface area contributed by atoms with Crippen molar-refractivity contribution in [2.24, 2.45) is 11.8 Å². The van der Waals surface area contributed by atoms with Gasteiger partial charge in [-0.25, -0.2) is 14.2 Å². The number of nitrogens with zero attached hydrogens (tertiary/aromatic N) is 1. The lowest BCUT2D eigenvalue weighted by atomic mass is 9.80. The summed E-state index contributed by atoms with van der Waals surface area (Å²) in [6.45, 7) is 4.37. The van der Waals surface area contributed by atoms with Gasteiger partial charge in [-0.05, 0) is 37.2 Å². The molecule has 0 aliphatic heterocycles. The molecule has 1 saturated carbocycles. The van der Waals surface area contributed by atoms with Crippen LogP contribution in [0.1, 0.15) is 43.5 Å². The number of carboxylic acids is 1. The minimum atomic E-state index is -1.22. The van der Waals surface area contributed by atoms with E-state index in [4.69, 9.17) is 9.84 Å². The molecule has 0 bridgehead atoms. The Kier molecular flexibility index (Phi) is 4.02. The van der Waals surface area contributed by atoms with Gasteiger partial charge in [-0.15, -0.1) is 0 Å². The van der Waals surface area contributed by atoms with Gasteiger partial charge < -0.3 is 9.84 Å². The maximum Gasteiger partial charge on any atom is 0.341 e. The molecule has 0 aromatic carbocycles. The normalized spacial score (nSPS) is 27.0. The van der Waals surface area contributed by atoms with Crippen molar-refractivity contribution in [1.82, 2.24) is 4.98 Å². The van der Waals surface area contributed by atoms with Gasteiger partial charge in [0.15, 0.2) is 0 Å². The van der Waals surface area contributed by atoms with Gasteiger partial charge in [-0.3, -0.25) is 0 Å². The molecule has 1 aromatic heterocycles. The number of ether oxygens (including phenoxy) is 1. The number of aromatic nitrogens is 1. The van der Waals surface area contributed by atoms with Gasteiger partial charge in [-0.2, -0.15) is 0 Å². The van der Waals surface area contributed by atoms with Crippen molar-refractivity contribution in [3.8, 4) is 5.88 Å². The molecule has 19 heavy (non-hydrogen) atoms. The number of hydrogen-bond donors (Lipinski definition) is 1. The maximum atomic E-state index is 13.0. The predicted molar refractivity (Wildman–Crippen MR) is 67.7 cm³/mol. The van der Waals surface area contributed by atoms with Crippen LogP contribution in [0.15, 0.2) is 12.3 Å². The van der Waals surface area contributed by atoms with E-state index >= 15 is 0 Å². The fourth-order valence-corrected chi connectivity index (χ4v) is 2.44. The number of rotatable bonds is 3. The van der Waals surface area contributed by atoms with E-state index in [1.54, 1.807) is 0 Å². The highest BCUT2D eigenvalue weighted by Crippen LogP contribution is 2.32. The molecule has 3 unspecified atom stereocenters. The molecule has 0 saturated heterocycles. The van der Waals surface area contributed by atoms with E-state index in [9.17, 15) is 9.18 Å². The van der Waals surface area contributed by atoms with E-state index in [0.29, 0.717) is 11.8 Å². The van der Waals surface area contributed by atoms with Gasteiger partial charge in [0, 0.05) is 0 Å². The number of pyridine rings is 1. The van der Waals surface area contributed by atoms with Crippen LogP contribution in [0.2, 0.25) is 0 Å². The Labute approximate surface area is 111 Å². The lowest BCUT2D eigenvalue weighted by Crippen LogP contribution is -2.29. The van der Waals surface area contributed by atoms with Gasteiger partial charge >= 0.3 is 5.97 Å². The van der Waals surface area contributed by atoms with Crippen LogP contribution in [0.3, 0.4) is 0 Å². The summed E-state index contributed by atoms with van der Waals surface area (Å²) in [5, 5.41) is 9.03. The molecule has 4 nitrogen and oxygen atoms in total. The Morgan fingerprint density at radius 1 is 1.42 bits per heavy atom. The molecule has 0 spiro atoms. The smallest absolute Gasteiger partial charge is 0.341 e. The summed E-state index contributed by atoms with van der Waals surface area (Å²) >= 11 is 0. The molecule has 1 aromatic rings. The summed E-state index contributed by atoms with van der Waals surface area (Å²) in [5.41, 5.74) is -0.216. The van der Waals surface area contributed by atoms with Crippen molar-refractivity contribution in [3.63, 3.8) is 0 Å². The lowest BCUT2D eigenvalue weighted by molar-refractivity contribution is 0.0669. The Morgan fingerprint density at radius 3 is 2.79 bits per heavy atom. The summed E-state index contributed by atoms with van der Waals surface area (Å²) in [6, 6.07) is 0.944. The van der Waals surface area contributed by atoms with Crippen molar-refractivity contribution in [1.29, 1.82) is 0 Å². The van der Waals surface area contributed by atoms with Crippen LogP contribution >= 0.6 is 0 Å². The largest absolute Gasteiger partial charge is 0.477 e. The SMILES string of the molecule is CC1CCC(Oc2ncc(F)cc2C(=O)O)CC1C. The molecule has 1 N–H and O–H groups in total. The number of carbonyl (C=O) groups is 1. The van der Waals surface area contributed by atoms with Gasteiger partial charge in [0.1, 0.15) is 17.5 Å². The van der Waals surface area contributed by atoms with Gasteiger partial charge in [0.2, 0.25) is 5.88 Å². The van der Waals surface area contributed by atoms with Crippen LogP contribution < -0.4 is 4.74 Å². The molecule has 0 radical (unpaired) electrons. The first-order valence-corrected chi connectivity index (χ1v) is 6.53. The fourth-order valence-electron chi connectivity index (χ4n) is 2.44. The Hall–Kier alpha value is -1.65. The van der Waals surface area contributed by atoms with Gasteiger partial charge in [-0.1, -0.05) is 13.8 Å². The average Bonchev–Trinajstić information content (AvgIpc) is 2.36. The third-order valence-electron chi connectivity index (χ3n) is 3.88. The third kappa shape index (κ3) is 3.22. The quantitative estimate of drug-likeness (QED) is 0.914. The molecule has 1 fully saturated rings. The summed E-state index contributed by atoms with van der Waals surface area (Å²) in [5.74, 6) is -0.692. The molecule has 0 amide bonds. The topological polar surface area (TPSA) is 59.4 Å². The van der Waals surface area contributed by atoms with E-state index in [1.165, 1.54) is 0 Å². The lowest BCUT2D eigenvalue weighted by Gasteiger charge is -2.32. The first-order valence-electron chi connectivity index (χ1n) is 6.53. The second-order valence-corrected chi connectivity index (χ2v) is 5.32.